The molecule has 0 heterocycles. The van der Waals surface area contributed by atoms with E-state index >= 15 is 0 Å². The van der Waals surface area contributed by atoms with Crippen LogP contribution in [0.4, 0.5) is 0 Å². The highest BCUT2D eigenvalue weighted by molar-refractivity contribution is 4.96. The molecule has 1 aliphatic carbocycles. The van der Waals surface area contributed by atoms with Crippen LogP contribution in [0, 0.1) is 5.92 Å². The first-order chi connectivity index (χ1) is 7.14. The van der Waals surface area contributed by atoms with E-state index < -0.39 is 0 Å². The molecule has 1 atom stereocenters. The average molecular weight is 214 g/mol. The fourth-order valence-electron chi connectivity index (χ4n) is 2.76. The second-order valence-corrected chi connectivity index (χ2v) is 5.05. The van der Waals surface area contributed by atoms with Gasteiger partial charge >= 0.3 is 0 Å². The number of nitrogens with two attached hydrogens (primary N) is 1. The van der Waals surface area contributed by atoms with Crippen LogP contribution < -0.4 is 11.3 Å². The van der Waals surface area contributed by atoms with E-state index in [1.807, 2.05) is 0 Å². The van der Waals surface area contributed by atoms with Crippen molar-refractivity contribution in [1.82, 2.24) is 5.43 Å². The molecule has 1 fully saturated rings. The number of hydrogen-bond donors (Lipinski definition) is 2. The number of ether oxygens (including phenoxy) is 1. The Labute approximate surface area is 93.7 Å². The van der Waals surface area contributed by atoms with Crippen LogP contribution >= 0.6 is 0 Å². The largest absolute Gasteiger partial charge is 0.374 e. The van der Waals surface area contributed by atoms with Crippen LogP contribution in [0.2, 0.25) is 0 Å². The van der Waals surface area contributed by atoms with E-state index in [2.05, 4.69) is 26.2 Å². The molecule has 1 rings (SSSR count). The van der Waals surface area contributed by atoms with E-state index in [1.54, 1.807) is 0 Å². The molecular formula is C12H26N2O. The SMILES string of the molecule is CCOC1(C(CC(C)C)NN)CCCC1. The van der Waals surface area contributed by atoms with Gasteiger partial charge in [-0.3, -0.25) is 11.3 Å². The van der Waals surface area contributed by atoms with Crippen LogP contribution in [0.3, 0.4) is 0 Å². The van der Waals surface area contributed by atoms with Crippen molar-refractivity contribution in [2.75, 3.05) is 6.61 Å². The molecule has 0 aromatic rings. The number of hydrogen-bond acceptors (Lipinski definition) is 3. The van der Waals surface area contributed by atoms with E-state index in [-0.39, 0.29) is 5.60 Å². The first kappa shape index (κ1) is 12.9. The molecule has 15 heavy (non-hydrogen) atoms. The lowest BCUT2D eigenvalue weighted by Crippen LogP contribution is -2.54. The van der Waals surface area contributed by atoms with Crippen LogP contribution in [-0.4, -0.2) is 18.2 Å². The third-order valence-electron chi connectivity index (χ3n) is 3.43. The minimum Gasteiger partial charge on any atom is -0.374 e. The van der Waals surface area contributed by atoms with Crippen LogP contribution in [0.15, 0.2) is 0 Å². The van der Waals surface area contributed by atoms with Gasteiger partial charge in [-0.2, -0.15) is 0 Å². The summed E-state index contributed by atoms with van der Waals surface area (Å²) < 4.78 is 6.00. The summed E-state index contributed by atoms with van der Waals surface area (Å²) in [6.45, 7) is 7.33. The van der Waals surface area contributed by atoms with Gasteiger partial charge in [-0.05, 0) is 32.1 Å². The van der Waals surface area contributed by atoms with Crippen LogP contribution in [-0.2, 0) is 4.74 Å². The van der Waals surface area contributed by atoms with Crippen molar-refractivity contribution >= 4 is 0 Å². The van der Waals surface area contributed by atoms with Gasteiger partial charge in [0.15, 0.2) is 0 Å². The maximum absolute atomic E-state index is 6.00. The second kappa shape index (κ2) is 5.83. The summed E-state index contributed by atoms with van der Waals surface area (Å²) in [6.07, 6.45) is 5.95. The molecular weight excluding hydrogens is 188 g/mol. The molecule has 0 spiro atoms. The smallest absolute Gasteiger partial charge is 0.0848 e. The van der Waals surface area contributed by atoms with Crippen LogP contribution in [0.5, 0.6) is 0 Å². The Morgan fingerprint density at radius 2 is 1.93 bits per heavy atom. The molecule has 90 valence electrons. The summed E-state index contributed by atoms with van der Waals surface area (Å²) in [6, 6.07) is 0.306. The van der Waals surface area contributed by atoms with E-state index in [0.717, 1.165) is 25.9 Å². The Balaban J connectivity index is 2.66. The van der Waals surface area contributed by atoms with Gasteiger partial charge < -0.3 is 4.74 Å². The summed E-state index contributed by atoms with van der Waals surface area (Å²) in [5.41, 5.74) is 2.98. The Hall–Kier alpha value is -0.120. The molecule has 0 aliphatic heterocycles. The molecule has 1 saturated carbocycles. The standard InChI is InChI=1S/C12H26N2O/c1-4-15-12(7-5-6-8-12)11(14-13)9-10(2)3/h10-11,14H,4-9,13H2,1-3H3. The summed E-state index contributed by atoms with van der Waals surface area (Å²) in [7, 11) is 0. The molecule has 0 aromatic heterocycles. The molecule has 3 nitrogen and oxygen atoms in total. The molecule has 1 unspecified atom stereocenters. The van der Waals surface area contributed by atoms with Gasteiger partial charge in [0.25, 0.3) is 0 Å². The van der Waals surface area contributed by atoms with E-state index in [1.165, 1.54) is 12.8 Å². The number of rotatable bonds is 6. The van der Waals surface area contributed by atoms with Crippen molar-refractivity contribution < 1.29 is 4.74 Å². The number of nitrogens with one attached hydrogen (secondary N) is 1. The van der Waals surface area contributed by atoms with Crippen molar-refractivity contribution in [1.29, 1.82) is 0 Å². The first-order valence-corrected chi connectivity index (χ1v) is 6.24. The Morgan fingerprint density at radius 3 is 2.33 bits per heavy atom. The summed E-state index contributed by atoms with van der Waals surface area (Å²) in [5, 5.41) is 0. The highest BCUT2D eigenvalue weighted by Crippen LogP contribution is 2.37. The maximum atomic E-state index is 6.00. The lowest BCUT2D eigenvalue weighted by atomic mass is 9.86. The van der Waals surface area contributed by atoms with Gasteiger partial charge in [-0.1, -0.05) is 26.7 Å². The zero-order valence-electron chi connectivity index (χ0n) is 10.4. The van der Waals surface area contributed by atoms with Gasteiger partial charge in [0.1, 0.15) is 0 Å². The normalized spacial score (nSPS) is 22.2. The topological polar surface area (TPSA) is 47.3 Å². The molecule has 0 radical (unpaired) electrons. The predicted molar refractivity (Wildman–Crippen MR) is 63.4 cm³/mol. The van der Waals surface area contributed by atoms with Crippen molar-refractivity contribution in [3.63, 3.8) is 0 Å². The van der Waals surface area contributed by atoms with Gasteiger partial charge in [-0.15, -0.1) is 0 Å². The zero-order valence-corrected chi connectivity index (χ0v) is 10.4. The maximum Gasteiger partial charge on any atom is 0.0848 e. The summed E-state index contributed by atoms with van der Waals surface area (Å²) >= 11 is 0. The molecule has 0 bridgehead atoms. The summed E-state index contributed by atoms with van der Waals surface area (Å²) in [4.78, 5) is 0. The lowest BCUT2D eigenvalue weighted by molar-refractivity contribution is -0.0657. The van der Waals surface area contributed by atoms with Crippen molar-refractivity contribution in [3.8, 4) is 0 Å². The van der Waals surface area contributed by atoms with Gasteiger partial charge in [0, 0.05) is 6.61 Å². The van der Waals surface area contributed by atoms with Crippen molar-refractivity contribution in [3.05, 3.63) is 0 Å². The Morgan fingerprint density at radius 1 is 1.33 bits per heavy atom. The first-order valence-electron chi connectivity index (χ1n) is 6.24. The molecule has 1 aliphatic rings. The van der Waals surface area contributed by atoms with E-state index in [9.17, 15) is 0 Å². The van der Waals surface area contributed by atoms with E-state index in [4.69, 9.17) is 10.6 Å². The second-order valence-electron chi connectivity index (χ2n) is 5.05. The highest BCUT2D eigenvalue weighted by atomic mass is 16.5. The zero-order chi connectivity index (χ0) is 11.3. The van der Waals surface area contributed by atoms with Gasteiger partial charge in [0.05, 0.1) is 11.6 Å². The fraction of sp³-hybridized carbons (Fsp3) is 1.00. The minimum absolute atomic E-state index is 0.00771. The van der Waals surface area contributed by atoms with Gasteiger partial charge in [0.2, 0.25) is 0 Å². The molecule has 3 heteroatoms. The fourth-order valence-corrected chi connectivity index (χ4v) is 2.76. The molecule has 0 amide bonds. The van der Waals surface area contributed by atoms with Crippen LogP contribution in [0.1, 0.15) is 52.9 Å². The predicted octanol–water partition coefficient (Wildman–Crippen LogP) is 2.21. The third kappa shape index (κ3) is 3.16. The highest BCUT2D eigenvalue weighted by Gasteiger charge is 2.41. The van der Waals surface area contributed by atoms with E-state index in [0.29, 0.717) is 12.0 Å². The van der Waals surface area contributed by atoms with Crippen molar-refractivity contribution in [2.45, 2.75) is 64.5 Å². The molecule has 0 saturated heterocycles. The van der Waals surface area contributed by atoms with Crippen LogP contribution in [0.25, 0.3) is 0 Å². The average Bonchev–Trinajstić information content (AvgIpc) is 2.64. The minimum atomic E-state index is 0.00771. The Bertz CT molecular complexity index is 176. The molecule has 3 N–H and O–H groups in total. The summed E-state index contributed by atoms with van der Waals surface area (Å²) in [5.74, 6) is 6.34. The Kier molecular flexibility index (Phi) is 5.03. The monoisotopic (exact) mass is 214 g/mol. The quantitative estimate of drug-likeness (QED) is 0.526. The van der Waals surface area contributed by atoms with Crippen molar-refractivity contribution in [2.24, 2.45) is 11.8 Å². The molecule has 0 aromatic carbocycles. The number of hydrazine groups is 1. The lowest BCUT2D eigenvalue weighted by Gasteiger charge is -2.38. The third-order valence-corrected chi connectivity index (χ3v) is 3.43. The van der Waals surface area contributed by atoms with Gasteiger partial charge in [-0.25, -0.2) is 0 Å².